The molecule has 28 heavy (non-hydrogen) atoms. The Labute approximate surface area is 160 Å². The van der Waals surface area contributed by atoms with E-state index in [1.165, 1.54) is 4.90 Å². The van der Waals surface area contributed by atoms with Gasteiger partial charge in [-0.25, -0.2) is 0 Å². The number of nitrogens with two attached hydrogens (primary N) is 1. The predicted molar refractivity (Wildman–Crippen MR) is 104 cm³/mol. The van der Waals surface area contributed by atoms with Crippen LogP contribution in [0.1, 0.15) is 12.0 Å². The summed E-state index contributed by atoms with van der Waals surface area (Å²) in [5.74, 6) is -1.17. The molecular weight excluding hydrogens is 362 g/mol. The Morgan fingerprint density at radius 3 is 2.71 bits per heavy atom. The van der Waals surface area contributed by atoms with E-state index < -0.39 is 28.3 Å². The van der Waals surface area contributed by atoms with E-state index in [-0.39, 0.29) is 31.1 Å². The fourth-order valence-electron chi connectivity index (χ4n) is 3.57. The van der Waals surface area contributed by atoms with Crippen molar-refractivity contribution in [1.82, 2.24) is 0 Å². The Kier molecular flexibility index (Phi) is 5.19. The van der Waals surface area contributed by atoms with Crippen LogP contribution in [0.2, 0.25) is 0 Å². The molecule has 0 bridgehead atoms. The van der Waals surface area contributed by atoms with Crippen LogP contribution in [0, 0.1) is 5.92 Å². The highest BCUT2D eigenvalue weighted by atomic mass is 16.5. The standard InChI is InChI=1S/C19H19N5O4/c1-2-6-13-9-24(15-14(20)16(25)17(15)26)11-19(13,22-23-21)18(27)28-10-12-7-4-3-5-8-12/h2-5,7-8,13H,1,6,9-11,20H2. The maximum atomic E-state index is 13.0. The second kappa shape index (κ2) is 7.58. The number of azide groups is 1. The van der Waals surface area contributed by atoms with Gasteiger partial charge < -0.3 is 15.4 Å². The highest BCUT2D eigenvalue weighted by Crippen LogP contribution is 2.38. The van der Waals surface area contributed by atoms with Gasteiger partial charge in [0.25, 0.3) is 10.9 Å². The molecule has 1 aliphatic rings. The van der Waals surface area contributed by atoms with Gasteiger partial charge in [-0.15, -0.1) is 6.58 Å². The van der Waals surface area contributed by atoms with Crippen LogP contribution in [0.5, 0.6) is 0 Å². The third-order valence-electron chi connectivity index (χ3n) is 5.03. The molecule has 0 radical (unpaired) electrons. The molecule has 1 fully saturated rings. The molecule has 0 aliphatic carbocycles. The average Bonchev–Trinajstić information content (AvgIpc) is 3.06. The van der Waals surface area contributed by atoms with Gasteiger partial charge in [-0.1, -0.05) is 41.5 Å². The predicted octanol–water partition coefficient (Wildman–Crippen LogP) is 1.67. The SMILES string of the molecule is C=CCC1CN(c2c(N)c(=O)c2=O)CC1(N=[N+]=[N-])C(=O)OCc1ccccc1. The monoisotopic (exact) mass is 381 g/mol. The van der Waals surface area contributed by atoms with Crippen LogP contribution in [0.4, 0.5) is 11.4 Å². The van der Waals surface area contributed by atoms with Crippen molar-refractivity contribution in [1.29, 1.82) is 0 Å². The molecule has 9 heteroatoms. The molecule has 2 unspecified atom stereocenters. The molecular formula is C19H19N5O4. The molecule has 0 aromatic heterocycles. The molecule has 0 spiro atoms. The Morgan fingerprint density at radius 2 is 2.11 bits per heavy atom. The summed E-state index contributed by atoms with van der Waals surface area (Å²) >= 11 is 0. The second-order valence-corrected chi connectivity index (χ2v) is 6.70. The van der Waals surface area contributed by atoms with E-state index in [1.54, 1.807) is 18.2 Å². The van der Waals surface area contributed by atoms with Gasteiger partial charge in [-0.3, -0.25) is 14.4 Å². The van der Waals surface area contributed by atoms with E-state index in [0.29, 0.717) is 6.42 Å². The summed E-state index contributed by atoms with van der Waals surface area (Å²) in [7, 11) is 0. The first-order valence-corrected chi connectivity index (χ1v) is 8.66. The third-order valence-corrected chi connectivity index (χ3v) is 5.03. The second-order valence-electron chi connectivity index (χ2n) is 6.70. The number of benzene rings is 1. The highest BCUT2D eigenvalue weighted by molar-refractivity contribution is 5.85. The quantitative estimate of drug-likeness (QED) is 0.193. The van der Waals surface area contributed by atoms with Crippen LogP contribution in [-0.2, 0) is 16.1 Å². The van der Waals surface area contributed by atoms with Crippen molar-refractivity contribution in [3.63, 3.8) is 0 Å². The van der Waals surface area contributed by atoms with E-state index in [2.05, 4.69) is 16.6 Å². The van der Waals surface area contributed by atoms with Crippen LogP contribution in [0.25, 0.3) is 10.4 Å². The summed E-state index contributed by atoms with van der Waals surface area (Å²) in [5.41, 5.74) is 12.5. The van der Waals surface area contributed by atoms with Crippen LogP contribution >= 0.6 is 0 Å². The van der Waals surface area contributed by atoms with Crippen LogP contribution in [-0.4, -0.2) is 24.6 Å². The zero-order valence-corrected chi connectivity index (χ0v) is 15.1. The van der Waals surface area contributed by atoms with Crippen LogP contribution in [0.3, 0.4) is 0 Å². The van der Waals surface area contributed by atoms with Gasteiger partial charge in [0, 0.05) is 23.9 Å². The number of carbonyl (C=O) groups is 1. The number of carbonyl (C=O) groups excluding carboxylic acids is 1. The summed E-state index contributed by atoms with van der Waals surface area (Å²) in [4.78, 5) is 40.7. The number of ether oxygens (including phenoxy) is 1. The minimum absolute atomic E-state index is 0.0193. The first-order chi connectivity index (χ1) is 13.4. The van der Waals surface area contributed by atoms with Gasteiger partial charge in [0.2, 0.25) is 0 Å². The molecule has 0 amide bonds. The minimum Gasteiger partial charge on any atom is -0.460 e. The average molecular weight is 381 g/mol. The van der Waals surface area contributed by atoms with Crippen molar-refractivity contribution in [3.05, 3.63) is 79.4 Å². The van der Waals surface area contributed by atoms with E-state index >= 15 is 0 Å². The molecule has 3 rings (SSSR count). The van der Waals surface area contributed by atoms with Crippen LogP contribution < -0.4 is 21.5 Å². The lowest BCUT2D eigenvalue weighted by molar-refractivity contribution is -0.152. The summed E-state index contributed by atoms with van der Waals surface area (Å²) in [6.45, 7) is 3.81. The van der Waals surface area contributed by atoms with Gasteiger partial charge in [0.1, 0.15) is 18.0 Å². The van der Waals surface area contributed by atoms with Gasteiger partial charge in [0.05, 0.1) is 0 Å². The van der Waals surface area contributed by atoms with Crippen molar-refractivity contribution >= 4 is 17.3 Å². The Bertz CT molecular complexity index is 1020. The lowest BCUT2D eigenvalue weighted by atomic mass is 9.85. The maximum Gasteiger partial charge on any atom is 0.320 e. The highest BCUT2D eigenvalue weighted by Gasteiger charge is 2.54. The molecule has 1 heterocycles. The van der Waals surface area contributed by atoms with Crippen molar-refractivity contribution in [2.75, 3.05) is 23.7 Å². The third kappa shape index (κ3) is 3.12. The van der Waals surface area contributed by atoms with Crippen molar-refractivity contribution in [2.24, 2.45) is 11.0 Å². The Hall–Kier alpha value is -3.58. The minimum atomic E-state index is -1.55. The zero-order valence-electron chi connectivity index (χ0n) is 15.1. The van der Waals surface area contributed by atoms with Gasteiger partial charge in [-0.05, 0) is 17.5 Å². The van der Waals surface area contributed by atoms with Crippen molar-refractivity contribution in [2.45, 2.75) is 18.6 Å². The molecule has 9 nitrogen and oxygen atoms in total. The lowest BCUT2D eigenvalue weighted by Crippen LogP contribution is -2.47. The smallest absolute Gasteiger partial charge is 0.320 e. The molecule has 0 saturated carbocycles. The topological polar surface area (TPSA) is 138 Å². The molecule has 2 N–H and O–H groups in total. The van der Waals surface area contributed by atoms with Crippen LogP contribution in [0.15, 0.2) is 57.7 Å². The fourth-order valence-corrected chi connectivity index (χ4v) is 3.57. The van der Waals surface area contributed by atoms with E-state index in [4.69, 9.17) is 16.0 Å². The molecule has 2 atom stereocenters. The Balaban J connectivity index is 1.90. The normalized spacial score (nSPS) is 21.3. The van der Waals surface area contributed by atoms with E-state index in [1.807, 2.05) is 18.2 Å². The number of hydrogen-bond donors (Lipinski definition) is 1. The first-order valence-electron chi connectivity index (χ1n) is 8.66. The molecule has 144 valence electrons. The number of esters is 1. The summed E-state index contributed by atoms with van der Waals surface area (Å²) in [6, 6.07) is 9.09. The number of nitrogen functional groups attached to an aromatic ring is 1. The lowest BCUT2D eigenvalue weighted by Gasteiger charge is -2.27. The zero-order chi connectivity index (χ0) is 20.3. The fraction of sp³-hybridized carbons (Fsp3) is 0.316. The maximum absolute atomic E-state index is 13.0. The van der Waals surface area contributed by atoms with Gasteiger partial charge >= 0.3 is 5.97 Å². The molecule has 2 aromatic rings. The molecule has 2 aromatic carbocycles. The van der Waals surface area contributed by atoms with Gasteiger partial charge in [-0.2, -0.15) is 0 Å². The number of hydrogen-bond acceptors (Lipinski definition) is 7. The summed E-state index contributed by atoms with van der Waals surface area (Å²) < 4.78 is 5.44. The van der Waals surface area contributed by atoms with Crippen molar-refractivity contribution in [3.8, 4) is 0 Å². The summed E-state index contributed by atoms with van der Waals surface area (Å²) in [6.07, 6.45) is 1.96. The Morgan fingerprint density at radius 1 is 1.39 bits per heavy atom. The molecule has 1 saturated heterocycles. The first kappa shape index (κ1) is 19.2. The number of allylic oxidation sites excluding steroid dienone is 1. The number of rotatable bonds is 7. The number of nitrogens with zero attached hydrogens (tertiary/aromatic N) is 4. The summed E-state index contributed by atoms with van der Waals surface area (Å²) in [5, 5.41) is 3.78. The van der Waals surface area contributed by atoms with E-state index in [9.17, 15) is 14.4 Å². The van der Waals surface area contributed by atoms with Gasteiger partial charge in [0.15, 0.2) is 5.54 Å². The largest absolute Gasteiger partial charge is 0.460 e. The van der Waals surface area contributed by atoms with Crippen molar-refractivity contribution < 1.29 is 9.53 Å². The van der Waals surface area contributed by atoms with E-state index in [0.717, 1.165) is 5.56 Å². The number of anilines is 2. The molecule has 1 aliphatic heterocycles.